The molecule has 0 saturated heterocycles. The Labute approximate surface area is 162 Å². The quantitative estimate of drug-likeness (QED) is 0.737. The van der Waals surface area contributed by atoms with E-state index >= 15 is 0 Å². The van der Waals surface area contributed by atoms with E-state index in [0.717, 1.165) is 13.3 Å². The summed E-state index contributed by atoms with van der Waals surface area (Å²) >= 11 is 4.89. The van der Waals surface area contributed by atoms with Crippen LogP contribution in [0.2, 0.25) is 0 Å². The highest BCUT2D eigenvalue weighted by molar-refractivity contribution is 9.11. The van der Waals surface area contributed by atoms with Gasteiger partial charge < -0.3 is 10.1 Å². The molecular weight excluding hydrogens is 427 g/mol. The van der Waals surface area contributed by atoms with Gasteiger partial charge in [-0.25, -0.2) is 18.7 Å². The zero-order valence-electron chi connectivity index (χ0n) is 14.7. The molecule has 0 fully saturated rings. The van der Waals surface area contributed by atoms with E-state index in [0.29, 0.717) is 12.9 Å². The Morgan fingerprint density at radius 1 is 1.46 bits per heavy atom. The van der Waals surface area contributed by atoms with Crippen LogP contribution in [0.3, 0.4) is 0 Å². The fraction of sp³-hybridized carbons (Fsp3) is 0.438. The predicted molar refractivity (Wildman–Crippen MR) is 101 cm³/mol. The lowest BCUT2D eigenvalue weighted by atomic mass is 10.1. The molecule has 7 nitrogen and oxygen atoms in total. The van der Waals surface area contributed by atoms with Crippen LogP contribution < -0.4 is 11.0 Å². The summed E-state index contributed by atoms with van der Waals surface area (Å²) in [4.78, 5) is 25.0. The molecule has 2 rings (SSSR count). The number of ether oxygens (including phenoxy) is 1. The van der Waals surface area contributed by atoms with Crippen molar-refractivity contribution in [3.63, 3.8) is 0 Å². The van der Waals surface area contributed by atoms with Gasteiger partial charge in [-0.2, -0.15) is 5.10 Å². The van der Waals surface area contributed by atoms with E-state index in [4.69, 9.17) is 4.74 Å². The van der Waals surface area contributed by atoms with Gasteiger partial charge in [-0.15, -0.1) is 11.3 Å². The summed E-state index contributed by atoms with van der Waals surface area (Å²) in [6, 6.07) is 3.81. The normalized spacial score (nSPS) is 12.3. The highest BCUT2D eigenvalue weighted by Crippen LogP contribution is 2.22. The second kappa shape index (κ2) is 8.63. The van der Waals surface area contributed by atoms with Gasteiger partial charge in [-0.05, 0) is 48.8 Å². The lowest BCUT2D eigenvalue weighted by Gasteiger charge is -2.20. The van der Waals surface area contributed by atoms with Crippen molar-refractivity contribution < 1.29 is 13.9 Å². The van der Waals surface area contributed by atoms with Crippen molar-refractivity contribution in [3.8, 4) is 0 Å². The van der Waals surface area contributed by atoms with Crippen molar-refractivity contribution in [1.82, 2.24) is 19.7 Å². The van der Waals surface area contributed by atoms with Crippen molar-refractivity contribution in [2.75, 3.05) is 6.61 Å². The van der Waals surface area contributed by atoms with Crippen molar-refractivity contribution in [1.29, 1.82) is 0 Å². The number of nitrogens with zero attached hydrogens (tertiary/aromatic N) is 3. The van der Waals surface area contributed by atoms with Gasteiger partial charge >= 0.3 is 11.8 Å². The van der Waals surface area contributed by atoms with E-state index in [-0.39, 0.29) is 24.4 Å². The van der Waals surface area contributed by atoms with Gasteiger partial charge in [-0.1, -0.05) is 0 Å². The van der Waals surface area contributed by atoms with Crippen LogP contribution in [-0.4, -0.2) is 32.6 Å². The number of rotatable bonds is 6. The lowest BCUT2D eigenvalue weighted by Crippen LogP contribution is -2.41. The highest BCUT2D eigenvalue weighted by atomic mass is 79.9. The first kappa shape index (κ1) is 20.4. The third kappa shape index (κ3) is 6.10. The molecule has 1 N–H and O–H groups in total. The summed E-state index contributed by atoms with van der Waals surface area (Å²) in [5, 5.41) is 6.59. The molecule has 0 aliphatic carbocycles. The Bertz CT molecular complexity index is 850. The van der Waals surface area contributed by atoms with Crippen molar-refractivity contribution in [2.24, 2.45) is 0 Å². The number of carbonyl (C=O) groups is 1. The van der Waals surface area contributed by atoms with Gasteiger partial charge in [0.05, 0.1) is 23.2 Å². The number of carbonyl (C=O) groups excluding carboxylic acids is 1. The van der Waals surface area contributed by atoms with Gasteiger partial charge in [0.2, 0.25) is 0 Å². The van der Waals surface area contributed by atoms with Crippen LogP contribution in [0.4, 0.5) is 9.18 Å². The average Bonchev–Trinajstić information content (AvgIpc) is 3.09. The Morgan fingerprint density at radius 3 is 2.77 bits per heavy atom. The molecule has 10 heteroatoms. The third-order valence-corrected chi connectivity index (χ3v) is 4.73. The van der Waals surface area contributed by atoms with Crippen LogP contribution in [0.25, 0.3) is 0 Å². The molecule has 0 unspecified atom stereocenters. The number of amides is 1. The smallest absolute Gasteiger partial charge is 0.407 e. The summed E-state index contributed by atoms with van der Waals surface area (Å²) in [7, 11) is 0. The Morgan fingerprint density at radius 2 is 2.19 bits per heavy atom. The molecule has 0 bridgehead atoms. The molecule has 2 aromatic rings. The molecule has 0 aliphatic heterocycles. The van der Waals surface area contributed by atoms with Gasteiger partial charge in [0.25, 0.3) is 0 Å². The minimum absolute atomic E-state index is 0.0980. The Balaban J connectivity index is 1.96. The lowest BCUT2D eigenvalue weighted by molar-refractivity contribution is 0.145. The van der Waals surface area contributed by atoms with E-state index in [2.05, 4.69) is 26.3 Å². The van der Waals surface area contributed by atoms with Crippen LogP contribution in [0.15, 0.2) is 38.9 Å². The predicted octanol–water partition coefficient (Wildman–Crippen LogP) is 3.30. The molecule has 0 spiro atoms. The van der Waals surface area contributed by atoms with E-state index in [1.54, 1.807) is 20.8 Å². The second-order valence-electron chi connectivity index (χ2n) is 6.62. The molecule has 1 amide bonds. The summed E-state index contributed by atoms with van der Waals surface area (Å²) in [6.07, 6.45) is 1.07. The number of nitrogens with one attached hydrogen (secondary N) is 1. The highest BCUT2D eigenvalue weighted by Gasteiger charge is 2.16. The minimum Gasteiger partial charge on any atom is -0.445 e. The van der Waals surface area contributed by atoms with Crippen LogP contribution in [0, 0.1) is 0 Å². The number of alkyl carbamates (subject to hydrolysis) is 1. The zero-order chi connectivity index (χ0) is 19.3. The number of halogens is 2. The summed E-state index contributed by atoms with van der Waals surface area (Å²) < 4.78 is 21.6. The molecule has 0 atom stereocenters. The van der Waals surface area contributed by atoms with E-state index in [1.807, 2.05) is 12.1 Å². The van der Waals surface area contributed by atoms with Gasteiger partial charge in [-0.3, -0.25) is 4.57 Å². The summed E-state index contributed by atoms with van der Waals surface area (Å²) in [5.74, 6) is 0. The Hall–Kier alpha value is -1.94. The van der Waals surface area contributed by atoms with Gasteiger partial charge in [0, 0.05) is 16.0 Å². The number of thiophene rings is 1. The standard InChI is InChI=1S/C16H20BrFN4O3S/c1-16(2,3)20-14(23)25-9-11(6-18)7-22-15(24)21(10-19-22)8-12-4-5-13(17)26-12/h4-6,10H,7-9H2,1-3H3,(H,20,23)/b11-6+. The SMILES string of the molecule is CC(C)(C)NC(=O)OC/C(=C/F)Cn1ncn(Cc2ccc(Br)s2)c1=O. The van der Waals surface area contributed by atoms with Crippen molar-refractivity contribution in [3.05, 3.63) is 49.5 Å². The van der Waals surface area contributed by atoms with Crippen molar-refractivity contribution in [2.45, 2.75) is 39.4 Å². The second-order valence-corrected chi connectivity index (χ2v) is 9.17. The van der Waals surface area contributed by atoms with E-state index in [9.17, 15) is 14.0 Å². The number of hydrogen-bond acceptors (Lipinski definition) is 5. The molecule has 0 aromatic carbocycles. The van der Waals surface area contributed by atoms with Crippen LogP contribution in [-0.2, 0) is 17.8 Å². The van der Waals surface area contributed by atoms with Crippen LogP contribution in [0.5, 0.6) is 0 Å². The average molecular weight is 447 g/mol. The first-order valence-electron chi connectivity index (χ1n) is 7.77. The maximum atomic E-state index is 13.1. The monoisotopic (exact) mass is 446 g/mol. The van der Waals surface area contributed by atoms with Crippen LogP contribution >= 0.6 is 27.3 Å². The largest absolute Gasteiger partial charge is 0.445 e. The molecule has 26 heavy (non-hydrogen) atoms. The minimum atomic E-state index is -0.655. The number of aromatic nitrogens is 3. The first-order chi connectivity index (χ1) is 12.2. The number of hydrogen-bond donors (Lipinski definition) is 1. The molecule has 2 aromatic heterocycles. The maximum Gasteiger partial charge on any atom is 0.407 e. The van der Waals surface area contributed by atoms with Crippen molar-refractivity contribution >= 4 is 33.4 Å². The van der Waals surface area contributed by atoms with Crippen LogP contribution in [0.1, 0.15) is 25.6 Å². The van der Waals surface area contributed by atoms with E-state index < -0.39 is 11.6 Å². The topological polar surface area (TPSA) is 78.2 Å². The molecule has 142 valence electrons. The van der Waals surface area contributed by atoms with Gasteiger partial charge in [0.1, 0.15) is 12.9 Å². The third-order valence-electron chi connectivity index (χ3n) is 3.12. The molecule has 0 aliphatic rings. The fourth-order valence-corrected chi connectivity index (χ4v) is 3.48. The van der Waals surface area contributed by atoms with E-state index in [1.165, 1.54) is 22.2 Å². The summed E-state index contributed by atoms with van der Waals surface area (Å²) in [6.45, 7) is 5.43. The molecule has 0 radical (unpaired) electrons. The van der Waals surface area contributed by atoms with Gasteiger partial charge in [0.15, 0.2) is 0 Å². The zero-order valence-corrected chi connectivity index (χ0v) is 17.1. The fourth-order valence-electron chi connectivity index (χ4n) is 2.00. The maximum absolute atomic E-state index is 13.1. The molecular formula is C16H20BrFN4O3S. The molecule has 0 saturated carbocycles. The Kier molecular flexibility index (Phi) is 6.76. The molecule has 2 heterocycles. The first-order valence-corrected chi connectivity index (χ1v) is 9.38. The summed E-state index contributed by atoms with van der Waals surface area (Å²) in [5.41, 5.74) is -0.698.